The number of carbonyl (C=O) groups is 1. The molecule has 6 heteroatoms. The van der Waals surface area contributed by atoms with Gasteiger partial charge in [0.15, 0.2) is 0 Å². The van der Waals surface area contributed by atoms with Crippen molar-refractivity contribution in [2.45, 2.75) is 19.9 Å². The van der Waals surface area contributed by atoms with Crippen molar-refractivity contribution in [2.75, 3.05) is 31.5 Å². The molecule has 0 fully saturated rings. The molecule has 0 saturated carbocycles. The number of rotatable bonds is 9. The number of nitrogens with one attached hydrogen (secondary N) is 2. The van der Waals surface area contributed by atoms with Gasteiger partial charge in [-0.15, -0.1) is 0 Å². The first-order chi connectivity index (χ1) is 11.8. The first-order valence-corrected chi connectivity index (χ1v) is 8.33. The van der Waals surface area contributed by atoms with Gasteiger partial charge in [-0.1, -0.05) is 44.2 Å². The number of hydrogen-bond acceptors (Lipinski definition) is 5. The van der Waals surface area contributed by atoms with Crippen molar-refractivity contribution in [3.05, 3.63) is 54.4 Å². The number of anilines is 1. The van der Waals surface area contributed by atoms with Crippen molar-refractivity contribution in [1.29, 1.82) is 0 Å². The summed E-state index contributed by atoms with van der Waals surface area (Å²) < 4.78 is 0. The molecule has 2 N–H and O–H groups in total. The van der Waals surface area contributed by atoms with Crippen molar-refractivity contribution in [2.24, 2.45) is 0 Å². The zero-order valence-electron chi connectivity index (χ0n) is 14.3. The van der Waals surface area contributed by atoms with Crippen LogP contribution in [0.3, 0.4) is 0 Å². The van der Waals surface area contributed by atoms with Crippen LogP contribution in [0.4, 0.5) is 5.95 Å². The van der Waals surface area contributed by atoms with E-state index in [2.05, 4.69) is 39.3 Å². The topological polar surface area (TPSA) is 70.2 Å². The SMILES string of the molecule is CCN(CC)C(C(=O)NCCNc1ncccn1)c1ccccc1. The largest absolute Gasteiger partial charge is 0.353 e. The highest BCUT2D eigenvalue weighted by atomic mass is 16.2. The molecule has 0 aliphatic rings. The van der Waals surface area contributed by atoms with E-state index < -0.39 is 0 Å². The maximum absolute atomic E-state index is 12.7. The van der Waals surface area contributed by atoms with Crippen molar-refractivity contribution < 1.29 is 4.79 Å². The number of aromatic nitrogens is 2. The number of amides is 1. The third-order valence-corrected chi connectivity index (χ3v) is 3.81. The van der Waals surface area contributed by atoms with Gasteiger partial charge in [-0.2, -0.15) is 0 Å². The van der Waals surface area contributed by atoms with Gasteiger partial charge in [0.1, 0.15) is 6.04 Å². The lowest BCUT2D eigenvalue weighted by Crippen LogP contribution is -2.41. The fraction of sp³-hybridized carbons (Fsp3) is 0.389. The van der Waals surface area contributed by atoms with Gasteiger partial charge in [-0.25, -0.2) is 9.97 Å². The lowest BCUT2D eigenvalue weighted by molar-refractivity contribution is -0.126. The Balaban J connectivity index is 1.93. The van der Waals surface area contributed by atoms with Crippen LogP contribution in [0.25, 0.3) is 0 Å². The Kier molecular flexibility index (Phi) is 7.17. The zero-order valence-corrected chi connectivity index (χ0v) is 14.3. The predicted molar refractivity (Wildman–Crippen MR) is 95.6 cm³/mol. The lowest BCUT2D eigenvalue weighted by atomic mass is 10.0. The smallest absolute Gasteiger partial charge is 0.242 e. The summed E-state index contributed by atoms with van der Waals surface area (Å²) in [6.07, 6.45) is 3.36. The molecule has 0 aliphatic heterocycles. The Bertz CT molecular complexity index is 601. The highest BCUT2D eigenvalue weighted by molar-refractivity contribution is 5.83. The average Bonchev–Trinajstić information content (AvgIpc) is 2.64. The normalized spacial score (nSPS) is 12.0. The van der Waals surface area contributed by atoms with E-state index in [1.807, 2.05) is 30.3 Å². The summed E-state index contributed by atoms with van der Waals surface area (Å²) >= 11 is 0. The van der Waals surface area contributed by atoms with Crippen LogP contribution in [-0.4, -0.2) is 47.0 Å². The van der Waals surface area contributed by atoms with Gasteiger partial charge in [0.05, 0.1) is 0 Å². The van der Waals surface area contributed by atoms with Crippen LogP contribution < -0.4 is 10.6 Å². The van der Waals surface area contributed by atoms with Crippen molar-refractivity contribution in [3.63, 3.8) is 0 Å². The second-order valence-corrected chi connectivity index (χ2v) is 5.32. The van der Waals surface area contributed by atoms with E-state index in [0.717, 1.165) is 18.7 Å². The molecule has 6 nitrogen and oxygen atoms in total. The monoisotopic (exact) mass is 327 g/mol. The predicted octanol–water partition coefficient (Wildman–Crippen LogP) is 2.09. The zero-order chi connectivity index (χ0) is 17.2. The number of likely N-dealkylation sites (N-methyl/N-ethyl adjacent to an activating group) is 1. The lowest BCUT2D eigenvalue weighted by Gasteiger charge is -2.29. The van der Waals surface area contributed by atoms with Crippen molar-refractivity contribution >= 4 is 11.9 Å². The van der Waals surface area contributed by atoms with Gasteiger partial charge in [-0.3, -0.25) is 9.69 Å². The first-order valence-electron chi connectivity index (χ1n) is 8.33. The summed E-state index contributed by atoms with van der Waals surface area (Å²) in [6, 6.07) is 11.4. The summed E-state index contributed by atoms with van der Waals surface area (Å²) in [4.78, 5) is 23.0. The molecule has 24 heavy (non-hydrogen) atoms. The highest BCUT2D eigenvalue weighted by Gasteiger charge is 2.25. The van der Waals surface area contributed by atoms with E-state index in [9.17, 15) is 4.79 Å². The summed E-state index contributed by atoms with van der Waals surface area (Å²) in [6.45, 7) is 6.87. The number of carbonyl (C=O) groups excluding carboxylic acids is 1. The third kappa shape index (κ3) is 5.03. The Labute approximate surface area is 143 Å². The Hall–Kier alpha value is -2.47. The van der Waals surface area contributed by atoms with Gasteiger partial charge in [0, 0.05) is 25.5 Å². The molecule has 0 saturated heterocycles. The molecule has 1 amide bonds. The Morgan fingerprint density at radius 3 is 2.33 bits per heavy atom. The average molecular weight is 327 g/mol. The Morgan fingerprint density at radius 2 is 1.71 bits per heavy atom. The van der Waals surface area contributed by atoms with Gasteiger partial charge in [0.25, 0.3) is 0 Å². The van der Waals surface area contributed by atoms with Crippen LogP contribution in [0.1, 0.15) is 25.5 Å². The van der Waals surface area contributed by atoms with Crippen LogP contribution in [-0.2, 0) is 4.79 Å². The minimum Gasteiger partial charge on any atom is -0.353 e. The maximum Gasteiger partial charge on any atom is 0.242 e. The van der Waals surface area contributed by atoms with E-state index in [-0.39, 0.29) is 11.9 Å². The number of nitrogens with zero attached hydrogens (tertiary/aromatic N) is 3. The minimum atomic E-state index is -0.269. The number of hydrogen-bond donors (Lipinski definition) is 2. The second kappa shape index (κ2) is 9.62. The van der Waals surface area contributed by atoms with E-state index >= 15 is 0 Å². The minimum absolute atomic E-state index is 0.0145. The molecule has 0 spiro atoms. The third-order valence-electron chi connectivity index (χ3n) is 3.81. The van der Waals surface area contributed by atoms with Crippen LogP contribution in [0.2, 0.25) is 0 Å². The molecule has 0 bridgehead atoms. The molecular weight excluding hydrogens is 302 g/mol. The summed E-state index contributed by atoms with van der Waals surface area (Å²) in [7, 11) is 0. The van der Waals surface area contributed by atoms with Crippen LogP contribution in [0, 0.1) is 0 Å². The quantitative estimate of drug-likeness (QED) is 0.690. The summed E-state index contributed by atoms with van der Waals surface area (Å²) in [5.41, 5.74) is 1.01. The molecule has 0 aliphatic carbocycles. The maximum atomic E-state index is 12.7. The molecule has 0 radical (unpaired) electrons. The highest BCUT2D eigenvalue weighted by Crippen LogP contribution is 2.20. The second-order valence-electron chi connectivity index (χ2n) is 5.32. The molecule has 1 aromatic heterocycles. The van der Waals surface area contributed by atoms with E-state index in [0.29, 0.717) is 19.0 Å². The molecule has 128 valence electrons. The van der Waals surface area contributed by atoms with Gasteiger partial charge in [-0.05, 0) is 24.7 Å². The molecule has 2 aromatic rings. The Morgan fingerprint density at radius 1 is 1.04 bits per heavy atom. The van der Waals surface area contributed by atoms with Gasteiger partial charge >= 0.3 is 0 Å². The van der Waals surface area contributed by atoms with Gasteiger partial charge < -0.3 is 10.6 Å². The van der Waals surface area contributed by atoms with Crippen molar-refractivity contribution in [1.82, 2.24) is 20.2 Å². The standard InChI is InChI=1S/C18H25N5O/c1-3-23(4-2)16(15-9-6-5-7-10-15)17(24)19-13-14-22-18-20-11-8-12-21-18/h5-12,16H,3-4,13-14H2,1-2H3,(H,19,24)(H,20,21,22). The molecule has 2 rings (SSSR count). The van der Waals surface area contributed by atoms with Crippen LogP contribution >= 0.6 is 0 Å². The fourth-order valence-corrected chi connectivity index (χ4v) is 2.60. The molecule has 1 heterocycles. The fourth-order valence-electron chi connectivity index (χ4n) is 2.60. The van der Waals surface area contributed by atoms with E-state index in [1.54, 1.807) is 18.5 Å². The molecule has 1 atom stereocenters. The van der Waals surface area contributed by atoms with E-state index in [1.165, 1.54) is 0 Å². The number of benzene rings is 1. The van der Waals surface area contributed by atoms with Crippen molar-refractivity contribution in [3.8, 4) is 0 Å². The van der Waals surface area contributed by atoms with E-state index in [4.69, 9.17) is 0 Å². The summed E-state index contributed by atoms with van der Waals surface area (Å²) in [5.74, 6) is 0.579. The van der Waals surface area contributed by atoms with Crippen LogP contribution in [0.5, 0.6) is 0 Å². The molecule has 1 unspecified atom stereocenters. The van der Waals surface area contributed by atoms with Crippen LogP contribution in [0.15, 0.2) is 48.8 Å². The molecule has 1 aromatic carbocycles. The molecular formula is C18H25N5O. The summed E-state index contributed by atoms with van der Waals surface area (Å²) in [5, 5.41) is 6.09. The first kappa shape index (κ1) is 17.9. The van der Waals surface area contributed by atoms with Gasteiger partial charge in [0.2, 0.25) is 11.9 Å².